The van der Waals surface area contributed by atoms with Crippen LogP contribution >= 0.6 is 15.9 Å². The van der Waals surface area contributed by atoms with Crippen LogP contribution in [0, 0.1) is 11.8 Å². The number of fused-ring (bicyclic) bond motifs is 2. The maximum atomic E-state index is 12.5. The van der Waals surface area contributed by atoms with Gasteiger partial charge in [0, 0.05) is 11.5 Å². The zero-order valence-electron chi connectivity index (χ0n) is 9.71. The van der Waals surface area contributed by atoms with Gasteiger partial charge < -0.3 is 4.74 Å². The van der Waals surface area contributed by atoms with E-state index in [1.54, 1.807) is 12.1 Å². The third kappa shape index (κ3) is 1.88. The summed E-state index contributed by atoms with van der Waals surface area (Å²) in [5.41, 5.74) is 0.681. The average Bonchev–Trinajstić information content (AvgIpc) is 2.73. The van der Waals surface area contributed by atoms with E-state index in [1.165, 1.54) is 0 Å². The van der Waals surface area contributed by atoms with Crippen LogP contribution in [0.1, 0.15) is 23.2 Å². The number of Topliss-reactive ketones (excluding diaryl/α,β-unsaturated/α-hetero) is 1. The Morgan fingerprint density at radius 2 is 1.94 bits per heavy atom. The number of hydrogen-bond donors (Lipinski definition) is 0. The highest BCUT2D eigenvalue weighted by Gasteiger charge is 2.50. The Labute approximate surface area is 114 Å². The summed E-state index contributed by atoms with van der Waals surface area (Å²) in [6, 6.07) is 9.18. The van der Waals surface area contributed by atoms with Crippen molar-refractivity contribution in [1.82, 2.24) is 0 Å². The van der Waals surface area contributed by atoms with E-state index in [0.717, 1.165) is 0 Å². The van der Waals surface area contributed by atoms with Gasteiger partial charge in [0.25, 0.3) is 0 Å². The Hall–Kier alpha value is -1.16. The third-order valence-electron chi connectivity index (χ3n) is 3.82. The lowest BCUT2D eigenvalue weighted by Gasteiger charge is -2.27. The van der Waals surface area contributed by atoms with Gasteiger partial charge in [-0.2, -0.15) is 0 Å². The first-order valence-corrected chi connectivity index (χ1v) is 7.02. The van der Waals surface area contributed by atoms with E-state index in [4.69, 9.17) is 4.74 Å². The number of hydrogen-bond acceptors (Lipinski definition) is 3. The molecule has 94 valence electrons. The molecule has 2 fully saturated rings. The van der Waals surface area contributed by atoms with Crippen molar-refractivity contribution in [2.24, 2.45) is 11.8 Å². The predicted octanol–water partition coefficient (Wildman–Crippen LogP) is 2.58. The van der Waals surface area contributed by atoms with Gasteiger partial charge in [-0.1, -0.05) is 46.3 Å². The van der Waals surface area contributed by atoms with Gasteiger partial charge in [-0.3, -0.25) is 9.59 Å². The monoisotopic (exact) mass is 308 g/mol. The number of carbonyl (C=O) groups excluding carboxylic acids is 2. The van der Waals surface area contributed by atoms with E-state index < -0.39 is 0 Å². The second-order valence-corrected chi connectivity index (χ2v) is 6.08. The number of ether oxygens (including phenoxy) is 1. The first kappa shape index (κ1) is 11.9. The molecule has 3 rings (SSSR count). The van der Waals surface area contributed by atoms with Gasteiger partial charge in [0.2, 0.25) is 0 Å². The molecule has 1 aliphatic carbocycles. The number of esters is 1. The molecule has 1 saturated heterocycles. The summed E-state index contributed by atoms with van der Waals surface area (Å²) < 4.78 is 5.28. The smallest absolute Gasteiger partial charge is 0.310 e. The maximum Gasteiger partial charge on any atom is 0.310 e. The molecule has 0 spiro atoms. The van der Waals surface area contributed by atoms with Crippen molar-refractivity contribution in [1.29, 1.82) is 0 Å². The summed E-state index contributed by atoms with van der Waals surface area (Å²) in [6.07, 6.45) is 1.29. The molecule has 0 N–H and O–H groups in total. The maximum absolute atomic E-state index is 12.5. The van der Waals surface area contributed by atoms with E-state index in [-0.39, 0.29) is 34.5 Å². The summed E-state index contributed by atoms with van der Waals surface area (Å²) >= 11 is 3.52. The van der Waals surface area contributed by atoms with Crippen LogP contribution in [0.3, 0.4) is 0 Å². The van der Waals surface area contributed by atoms with Crippen LogP contribution in [0.5, 0.6) is 0 Å². The summed E-state index contributed by atoms with van der Waals surface area (Å²) in [5, 5.41) is 0. The third-order valence-corrected chi connectivity index (χ3v) is 4.78. The number of benzene rings is 1. The SMILES string of the molecule is O=C1O[C@@H]2C[C@H]1[C@H](C(=O)c1ccccc1)C[C@@H]2Br. The summed E-state index contributed by atoms with van der Waals surface area (Å²) in [6.45, 7) is 0. The highest BCUT2D eigenvalue weighted by atomic mass is 79.9. The zero-order valence-corrected chi connectivity index (χ0v) is 11.3. The Morgan fingerprint density at radius 1 is 1.22 bits per heavy atom. The first-order chi connectivity index (χ1) is 8.66. The molecule has 1 aliphatic heterocycles. The Morgan fingerprint density at radius 3 is 2.67 bits per heavy atom. The van der Waals surface area contributed by atoms with Crippen molar-refractivity contribution in [3.63, 3.8) is 0 Å². The summed E-state index contributed by atoms with van der Waals surface area (Å²) in [4.78, 5) is 24.3. The molecular formula is C14H13BrO3. The Balaban J connectivity index is 1.88. The number of alkyl halides is 1. The Kier molecular flexibility index (Phi) is 2.98. The topological polar surface area (TPSA) is 43.4 Å². The zero-order chi connectivity index (χ0) is 12.7. The molecule has 2 aliphatic rings. The summed E-state index contributed by atoms with van der Waals surface area (Å²) in [7, 11) is 0. The lowest BCUT2D eigenvalue weighted by atomic mass is 9.76. The van der Waals surface area contributed by atoms with Gasteiger partial charge in [-0.05, 0) is 12.8 Å². The standard InChI is InChI=1S/C14H13BrO3/c15-11-6-9(10-7-12(11)18-14(10)17)13(16)8-4-2-1-3-5-8/h1-5,9-12H,6-7H2/t9-,10+,11+,12-/m1/s1. The minimum Gasteiger partial charge on any atom is -0.461 e. The second-order valence-electron chi connectivity index (χ2n) is 4.91. The molecule has 3 nitrogen and oxygen atoms in total. The van der Waals surface area contributed by atoms with Crippen LogP contribution in [-0.4, -0.2) is 22.7 Å². The molecule has 1 heterocycles. The number of ketones is 1. The normalized spacial score (nSPS) is 34.2. The fraction of sp³-hybridized carbons (Fsp3) is 0.429. The molecule has 0 aromatic heterocycles. The summed E-state index contributed by atoms with van der Waals surface area (Å²) in [5.74, 6) is -0.655. The quantitative estimate of drug-likeness (QED) is 0.479. The van der Waals surface area contributed by atoms with Crippen LogP contribution in [-0.2, 0) is 9.53 Å². The molecule has 0 amide bonds. The number of rotatable bonds is 2. The van der Waals surface area contributed by atoms with E-state index in [0.29, 0.717) is 18.4 Å². The molecule has 0 unspecified atom stereocenters. The van der Waals surface area contributed by atoms with Gasteiger partial charge in [0.05, 0.1) is 10.7 Å². The molecule has 1 saturated carbocycles. The second kappa shape index (κ2) is 4.50. The highest BCUT2D eigenvalue weighted by Crippen LogP contribution is 2.42. The average molecular weight is 309 g/mol. The number of carbonyl (C=O) groups is 2. The van der Waals surface area contributed by atoms with Crippen LogP contribution in [0.25, 0.3) is 0 Å². The predicted molar refractivity (Wildman–Crippen MR) is 69.6 cm³/mol. The van der Waals surface area contributed by atoms with Gasteiger partial charge in [-0.25, -0.2) is 0 Å². The van der Waals surface area contributed by atoms with Gasteiger partial charge in [-0.15, -0.1) is 0 Å². The Bertz CT molecular complexity index is 485. The largest absolute Gasteiger partial charge is 0.461 e. The van der Waals surface area contributed by atoms with Gasteiger partial charge in [0.1, 0.15) is 6.10 Å². The minimum absolute atomic E-state index is 0.0534. The lowest BCUT2D eigenvalue weighted by molar-refractivity contribution is -0.143. The van der Waals surface area contributed by atoms with Crippen molar-refractivity contribution < 1.29 is 14.3 Å². The molecule has 18 heavy (non-hydrogen) atoms. The van der Waals surface area contributed by atoms with E-state index in [1.807, 2.05) is 18.2 Å². The van der Waals surface area contributed by atoms with E-state index in [9.17, 15) is 9.59 Å². The van der Waals surface area contributed by atoms with Crippen molar-refractivity contribution in [3.8, 4) is 0 Å². The minimum atomic E-state index is -0.253. The molecule has 1 aromatic carbocycles. The molecule has 0 radical (unpaired) electrons. The van der Waals surface area contributed by atoms with Crippen LogP contribution < -0.4 is 0 Å². The number of halogens is 1. The van der Waals surface area contributed by atoms with Crippen LogP contribution in [0.2, 0.25) is 0 Å². The first-order valence-electron chi connectivity index (χ1n) is 6.10. The molecule has 2 bridgehead atoms. The van der Waals surface area contributed by atoms with Crippen LogP contribution in [0.4, 0.5) is 0 Å². The van der Waals surface area contributed by atoms with Gasteiger partial charge in [0.15, 0.2) is 5.78 Å². The molecular weight excluding hydrogens is 296 g/mol. The van der Waals surface area contributed by atoms with Gasteiger partial charge >= 0.3 is 5.97 Å². The van der Waals surface area contributed by atoms with Crippen molar-refractivity contribution in [2.45, 2.75) is 23.8 Å². The molecule has 1 aromatic rings. The lowest BCUT2D eigenvalue weighted by Crippen LogP contribution is -2.35. The van der Waals surface area contributed by atoms with Crippen LogP contribution in [0.15, 0.2) is 30.3 Å². The van der Waals surface area contributed by atoms with Crippen molar-refractivity contribution in [3.05, 3.63) is 35.9 Å². The fourth-order valence-electron chi connectivity index (χ4n) is 2.85. The fourth-order valence-corrected chi connectivity index (χ4v) is 3.57. The molecule has 4 heteroatoms. The van der Waals surface area contributed by atoms with Crippen molar-refractivity contribution in [2.75, 3.05) is 0 Å². The van der Waals surface area contributed by atoms with E-state index >= 15 is 0 Å². The molecule has 4 atom stereocenters. The van der Waals surface area contributed by atoms with E-state index in [2.05, 4.69) is 15.9 Å². The van der Waals surface area contributed by atoms with Crippen molar-refractivity contribution >= 4 is 27.7 Å². The highest BCUT2D eigenvalue weighted by molar-refractivity contribution is 9.09.